The van der Waals surface area contributed by atoms with Gasteiger partial charge in [-0.2, -0.15) is 0 Å². The molecule has 88 valence electrons. The Kier molecular flexibility index (Phi) is 3.80. The molecule has 3 nitrogen and oxygen atoms in total. The number of rotatable bonds is 6. The summed E-state index contributed by atoms with van der Waals surface area (Å²) in [6.07, 6.45) is 2.52. The van der Waals surface area contributed by atoms with E-state index in [9.17, 15) is 0 Å². The van der Waals surface area contributed by atoms with Gasteiger partial charge in [0.2, 0.25) is 0 Å². The number of aliphatic hydroxyl groups excluding tert-OH is 1. The highest BCUT2D eigenvalue weighted by Crippen LogP contribution is 2.29. The first-order valence-corrected chi connectivity index (χ1v) is 5.82. The average molecular weight is 221 g/mol. The highest BCUT2D eigenvalue weighted by molar-refractivity contribution is 5.33. The SMILES string of the molecule is COc1ccccc1CN(CCO)C1CC1. The summed E-state index contributed by atoms with van der Waals surface area (Å²) < 4.78 is 5.34. The standard InChI is InChI=1S/C13H19NO2/c1-16-13-5-3-2-4-11(13)10-14(8-9-15)12-6-7-12/h2-5,12,15H,6-10H2,1H3. The lowest BCUT2D eigenvalue weighted by Crippen LogP contribution is -2.28. The van der Waals surface area contributed by atoms with Gasteiger partial charge in [-0.3, -0.25) is 4.90 Å². The Hall–Kier alpha value is -1.06. The second-order valence-corrected chi connectivity index (χ2v) is 4.24. The highest BCUT2D eigenvalue weighted by Gasteiger charge is 2.28. The number of aliphatic hydroxyl groups is 1. The first-order valence-electron chi connectivity index (χ1n) is 5.82. The minimum atomic E-state index is 0.228. The van der Waals surface area contributed by atoms with Crippen LogP contribution in [0.4, 0.5) is 0 Å². The maximum atomic E-state index is 9.04. The maximum absolute atomic E-state index is 9.04. The van der Waals surface area contributed by atoms with E-state index in [4.69, 9.17) is 9.84 Å². The fourth-order valence-electron chi connectivity index (χ4n) is 2.01. The molecule has 0 atom stereocenters. The van der Waals surface area contributed by atoms with Gasteiger partial charge in [-0.1, -0.05) is 18.2 Å². The van der Waals surface area contributed by atoms with E-state index in [1.165, 1.54) is 18.4 Å². The van der Waals surface area contributed by atoms with Crippen LogP contribution in [0.1, 0.15) is 18.4 Å². The monoisotopic (exact) mass is 221 g/mol. The Labute approximate surface area is 96.6 Å². The molecular weight excluding hydrogens is 202 g/mol. The van der Waals surface area contributed by atoms with Crippen molar-refractivity contribution in [1.29, 1.82) is 0 Å². The molecule has 1 aliphatic rings. The Morgan fingerprint density at radius 1 is 1.38 bits per heavy atom. The summed E-state index contributed by atoms with van der Waals surface area (Å²) in [6.45, 7) is 1.85. The van der Waals surface area contributed by atoms with E-state index in [0.29, 0.717) is 6.04 Å². The molecule has 0 aromatic heterocycles. The Balaban J connectivity index is 2.05. The number of hydrogen-bond acceptors (Lipinski definition) is 3. The van der Waals surface area contributed by atoms with Crippen LogP contribution in [0.3, 0.4) is 0 Å². The van der Waals surface area contributed by atoms with Crippen molar-refractivity contribution in [2.24, 2.45) is 0 Å². The molecular formula is C13H19NO2. The zero-order chi connectivity index (χ0) is 11.4. The average Bonchev–Trinajstić information content (AvgIpc) is 3.13. The number of hydrogen-bond donors (Lipinski definition) is 1. The summed E-state index contributed by atoms with van der Waals surface area (Å²) in [5.41, 5.74) is 1.20. The third kappa shape index (κ3) is 2.74. The number of benzene rings is 1. The molecule has 1 aromatic rings. The van der Waals surface area contributed by atoms with E-state index >= 15 is 0 Å². The third-order valence-electron chi connectivity index (χ3n) is 3.02. The van der Waals surface area contributed by atoms with Crippen LogP contribution < -0.4 is 4.74 Å². The van der Waals surface area contributed by atoms with Gasteiger partial charge in [-0.15, -0.1) is 0 Å². The Bertz CT molecular complexity index is 336. The lowest BCUT2D eigenvalue weighted by atomic mass is 10.2. The molecule has 0 spiro atoms. The normalized spacial score (nSPS) is 15.4. The first-order chi connectivity index (χ1) is 7.85. The summed E-state index contributed by atoms with van der Waals surface area (Å²) in [5.74, 6) is 0.936. The first kappa shape index (κ1) is 11.4. The largest absolute Gasteiger partial charge is 0.496 e. The summed E-state index contributed by atoms with van der Waals surface area (Å²) in [4.78, 5) is 2.33. The minimum Gasteiger partial charge on any atom is -0.496 e. The van der Waals surface area contributed by atoms with Gasteiger partial charge >= 0.3 is 0 Å². The summed E-state index contributed by atoms with van der Waals surface area (Å²) in [6, 6.07) is 8.75. The molecule has 0 heterocycles. The molecule has 1 aliphatic carbocycles. The van der Waals surface area contributed by atoms with E-state index < -0.39 is 0 Å². The molecule has 3 heteroatoms. The van der Waals surface area contributed by atoms with Crippen molar-refractivity contribution in [2.45, 2.75) is 25.4 Å². The lowest BCUT2D eigenvalue weighted by Gasteiger charge is -2.21. The number of para-hydroxylation sites is 1. The smallest absolute Gasteiger partial charge is 0.123 e. The third-order valence-corrected chi connectivity index (χ3v) is 3.02. The van der Waals surface area contributed by atoms with E-state index in [1.807, 2.05) is 18.2 Å². The highest BCUT2D eigenvalue weighted by atomic mass is 16.5. The van der Waals surface area contributed by atoms with Crippen LogP contribution in [0, 0.1) is 0 Å². The van der Waals surface area contributed by atoms with Gasteiger partial charge in [0, 0.05) is 24.7 Å². The molecule has 0 unspecified atom stereocenters. The number of nitrogens with zero attached hydrogens (tertiary/aromatic N) is 1. The quantitative estimate of drug-likeness (QED) is 0.793. The van der Waals surface area contributed by atoms with Crippen molar-refractivity contribution in [3.63, 3.8) is 0 Å². The second-order valence-electron chi connectivity index (χ2n) is 4.24. The van der Waals surface area contributed by atoms with Crippen LogP contribution in [0.5, 0.6) is 5.75 Å². The van der Waals surface area contributed by atoms with Crippen LogP contribution in [0.25, 0.3) is 0 Å². The predicted molar refractivity (Wildman–Crippen MR) is 63.5 cm³/mol. The van der Waals surface area contributed by atoms with Gasteiger partial charge in [0.15, 0.2) is 0 Å². The molecule has 0 radical (unpaired) electrons. The van der Waals surface area contributed by atoms with Crippen molar-refractivity contribution >= 4 is 0 Å². The van der Waals surface area contributed by atoms with E-state index in [-0.39, 0.29) is 6.61 Å². The van der Waals surface area contributed by atoms with Crippen LogP contribution >= 0.6 is 0 Å². The Morgan fingerprint density at radius 2 is 2.12 bits per heavy atom. The van der Waals surface area contributed by atoms with Crippen molar-refractivity contribution in [2.75, 3.05) is 20.3 Å². The lowest BCUT2D eigenvalue weighted by molar-refractivity contribution is 0.182. The number of methoxy groups -OCH3 is 1. The molecule has 1 N–H and O–H groups in total. The molecule has 1 fully saturated rings. The van der Waals surface area contributed by atoms with Crippen molar-refractivity contribution in [1.82, 2.24) is 4.90 Å². The van der Waals surface area contributed by atoms with Gasteiger partial charge < -0.3 is 9.84 Å². The van der Waals surface area contributed by atoms with E-state index in [2.05, 4.69) is 11.0 Å². The summed E-state index contributed by atoms with van der Waals surface area (Å²) in [7, 11) is 1.70. The molecule has 1 aromatic carbocycles. The van der Waals surface area contributed by atoms with Gasteiger partial charge in [0.05, 0.1) is 13.7 Å². The predicted octanol–water partition coefficient (Wildman–Crippen LogP) is 1.65. The number of ether oxygens (including phenoxy) is 1. The summed E-state index contributed by atoms with van der Waals surface area (Å²) >= 11 is 0. The summed E-state index contributed by atoms with van der Waals surface area (Å²) in [5, 5.41) is 9.04. The van der Waals surface area contributed by atoms with E-state index in [1.54, 1.807) is 7.11 Å². The van der Waals surface area contributed by atoms with Gasteiger partial charge in [-0.25, -0.2) is 0 Å². The van der Waals surface area contributed by atoms with Crippen molar-refractivity contribution in [3.05, 3.63) is 29.8 Å². The van der Waals surface area contributed by atoms with Gasteiger partial charge in [0.1, 0.15) is 5.75 Å². The maximum Gasteiger partial charge on any atom is 0.123 e. The molecule has 0 amide bonds. The molecule has 1 saturated carbocycles. The molecule has 16 heavy (non-hydrogen) atoms. The zero-order valence-electron chi connectivity index (χ0n) is 9.72. The fraction of sp³-hybridized carbons (Fsp3) is 0.538. The minimum absolute atomic E-state index is 0.228. The molecule has 2 rings (SSSR count). The van der Waals surface area contributed by atoms with E-state index in [0.717, 1.165) is 18.8 Å². The zero-order valence-corrected chi connectivity index (χ0v) is 9.72. The van der Waals surface area contributed by atoms with Crippen LogP contribution in [0.15, 0.2) is 24.3 Å². The van der Waals surface area contributed by atoms with Crippen LogP contribution in [-0.4, -0.2) is 36.3 Å². The topological polar surface area (TPSA) is 32.7 Å². The van der Waals surface area contributed by atoms with Gasteiger partial charge in [0.25, 0.3) is 0 Å². The van der Waals surface area contributed by atoms with Crippen molar-refractivity contribution < 1.29 is 9.84 Å². The van der Waals surface area contributed by atoms with Crippen LogP contribution in [0.2, 0.25) is 0 Å². The Morgan fingerprint density at radius 3 is 2.75 bits per heavy atom. The molecule has 0 saturated heterocycles. The fourth-order valence-corrected chi connectivity index (χ4v) is 2.01. The van der Waals surface area contributed by atoms with Gasteiger partial charge in [-0.05, 0) is 18.9 Å². The second kappa shape index (κ2) is 5.32. The molecule has 0 bridgehead atoms. The van der Waals surface area contributed by atoms with Crippen LogP contribution in [-0.2, 0) is 6.54 Å². The van der Waals surface area contributed by atoms with Crippen molar-refractivity contribution in [3.8, 4) is 5.75 Å². The molecule has 0 aliphatic heterocycles.